The number of hydrogen-bond donors (Lipinski definition) is 2. The van der Waals surface area contributed by atoms with Crippen LogP contribution in [0.4, 0.5) is 4.79 Å². The van der Waals surface area contributed by atoms with Crippen LogP contribution in [0.25, 0.3) is 11.1 Å². The van der Waals surface area contributed by atoms with Gasteiger partial charge in [0.1, 0.15) is 11.5 Å². The van der Waals surface area contributed by atoms with Gasteiger partial charge in [-0.3, -0.25) is 0 Å². The number of carbonyl (C=O) groups excluding carboxylic acids is 1. The van der Waals surface area contributed by atoms with Crippen molar-refractivity contribution in [1.82, 2.24) is 9.21 Å². The second kappa shape index (κ2) is 9.86. The molecule has 1 saturated heterocycles. The maximum Gasteiger partial charge on any atom is 0.409 e. The molecule has 0 bridgehead atoms. The van der Waals surface area contributed by atoms with Gasteiger partial charge in [-0.1, -0.05) is 48.5 Å². The van der Waals surface area contributed by atoms with Crippen LogP contribution >= 0.6 is 11.3 Å². The second-order valence-corrected chi connectivity index (χ2v) is 12.2. The summed E-state index contributed by atoms with van der Waals surface area (Å²) in [5.41, 5.74) is 3.74. The standard InChI is InChI=1S/C26H24N2O8S2/c1-15-21(23(29)30)25(37-22(15)24(31)32)38(34,35)28-12-10-27(11-13-28)26(33)36-14-20-18-8-4-2-6-16(18)17-7-3-5-9-19(17)20/h2-9,20H,10-14H2,1H3,(H,29,30)(H,31,32). The molecule has 2 aromatic carbocycles. The molecule has 10 nitrogen and oxygen atoms in total. The maximum absolute atomic E-state index is 13.3. The molecule has 2 heterocycles. The summed E-state index contributed by atoms with van der Waals surface area (Å²) in [6.45, 7) is 1.36. The molecule has 5 rings (SSSR count). The topological polar surface area (TPSA) is 142 Å². The quantitative estimate of drug-likeness (QED) is 0.468. The van der Waals surface area contributed by atoms with Gasteiger partial charge in [0, 0.05) is 32.1 Å². The van der Waals surface area contributed by atoms with Gasteiger partial charge in [0.05, 0.1) is 5.56 Å². The van der Waals surface area contributed by atoms with Gasteiger partial charge in [0.15, 0.2) is 4.21 Å². The molecule has 3 aromatic rings. The minimum absolute atomic E-state index is 0.0501. The van der Waals surface area contributed by atoms with E-state index >= 15 is 0 Å². The summed E-state index contributed by atoms with van der Waals surface area (Å²) in [6.07, 6.45) is -0.560. The molecule has 1 aliphatic carbocycles. The summed E-state index contributed by atoms with van der Waals surface area (Å²) in [6, 6.07) is 16.0. The normalized spacial score (nSPS) is 15.7. The molecule has 2 aliphatic rings. The average Bonchev–Trinajstić information content (AvgIpc) is 3.43. The number of rotatable bonds is 6. The molecule has 12 heteroatoms. The highest BCUT2D eigenvalue weighted by Gasteiger charge is 2.38. The first-order valence-corrected chi connectivity index (χ1v) is 14.1. The predicted octanol–water partition coefficient (Wildman–Crippen LogP) is 3.71. The summed E-state index contributed by atoms with van der Waals surface area (Å²) in [7, 11) is -4.29. The van der Waals surface area contributed by atoms with Crippen molar-refractivity contribution in [3.63, 3.8) is 0 Å². The third-order valence-electron chi connectivity index (χ3n) is 6.93. The van der Waals surface area contributed by atoms with Gasteiger partial charge in [0.25, 0.3) is 10.0 Å². The lowest BCUT2D eigenvalue weighted by molar-refractivity contribution is 0.0692. The molecule has 0 atom stereocenters. The number of carbonyl (C=O) groups is 3. The van der Waals surface area contributed by atoms with Crippen molar-refractivity contribution in [2.24, 2.45) is 0 Å². The number of amides is 1. The Morgan fingerprint density at radius 1 is 0.921 bits per heavy atom. The van der Waals surface area contributed by atoms with Gasteiger partial charge in [-0.05, 0) is 34.7 Å². The number of hydrogen-bond acceptors (Lipinski definition) is 7. The van der Waals surface area contributed by atoms with E-state index in [1.54, 1.807) is 0 Å². The van der Waals surface area contributed by atoms with Crippen molar-refractivity contribution >= 4 is 39.4 Å². The maximum atomic E-state index is 13.3. The highest BCUT2D eigenvalue weighted by Crippen LogP contribution is 2.44. The Kier molecular flexibility index (Phi) is 6.72. The molecule has 0 saturated carbocycles. The zero-order valence-corrected chi connectivity index (χ0v) is 21.9. The van der Waals surface area contributed by atoms with E-state index in [0.717, 1.165) is 26.6 Å². The van der Waals surface area contributed by atoms with Crippen LogP contribution in [0, 0.1) is 6.92 Å². The van der Waals surface area contributed by atoms with Crippen molar-refractivity contribution < 1.29 is 37.8 Å². The molecular weight excluding hydrogens is 532 g/mol. The molecule has 1 amide bonds. The number of fused-ring (bicyclic) bond motifs is 3. The van der Waals surface area contributed by atoms with Crippen molar-refractivity contribution in [1.29, 1.82) is 0 Å². The van der Waals surface area contributed by atoms with Crippen LogP contribution in [-0.2, 0) is 14.8 Å². The van der Waals surface area contributed by atoms with E-state index in [2.05, 4.69) is 0 Å². The van der Waals surface area contributed by atoms with Crippen LogP contribution in [0.3, 0.4) is 0 Å². The molecule has 1 aliphatic heterocycles. The molecule has 0 spiro atoms. The summed E-state index contributed by atoms with van der Waals surface area (Å²) in [5, 5.41) is 18.9. The van der Waals surface area contributed by atoms with Crippen LogP contribution in [-0.4, -0.2) is 78.7 Å². The van der Waals surface area contributed by atoms with E-state index in [-0.39, 0.29) is 49.1 Å². The van der Waals surface area contributed by atoms with Crippen molar-refractivity contribution in [3.8, 4) is 11.1 Å². The lowest BCUT2D eigenvalue weighted by atomic mass is 9.98. The number of carboxylic acid groups (broad SMARTS) is 2. The number of nitrogens with zero attached hydrogens (tertiary/aromatic N) is 2. The van der Waals surface area contributed by atoms with Gasteiger partial charge >= 0.3 is 18.0 Å². The van der Waals surface area contributed by atoms with E-state index in [0.29, 0.717) is 11.3 Å². The van der Waals surface area contributed by atoms with Gasteiger partial charge in [-0.15, -0.1) is 11.3 Å². The largest absolute Gasteiger partial charge is 0.478 e. The third kappa shape index (κ3) is 4.34. The van der Waals surface area contributed by atoms with E-state index in [1.807, 2.05) is 48.5 Å². The van der Waals surface area contributed by atoms with Crippen molar-refractivity contribution in [2.75, 3.05) is 32.8 Å². The minimum Gasteiger partial charge on any atom is -0.478 e. The van der Waals surface area contributed by atoms with Crippen LogP contribution in [0.5, 0.6) is 0 Å². The van der Waals surface area contributed by atoms with Gasteiger partial charge in [0.2, 0.25) is 0 Å². The minimum atomic E-state index is -4.29. The van der Waals surface area contributed by atoms with Gasteiger partial charge in [-0.25, -0.2) is 22.8 Å². The molecular formula is C26H24N2O8S2. The Hall–Kier alpha value is -3.74. The fourth-order valence-electron chi connectivity index (χ4n) is 5.03. The van der Waals surface area contributed by atoms with Crippen LogP contribution in [0.1, 0.15) is 42.6 Å². The summed E-state index contributed by atoms with van der Waals surface area (Å²) in [5.74, 6) is -3.01. The van der Waals surface area contributed by atoms with Crippen LogP contribution in [0.15, 0.2) is 52.7 Å². The first-order valence-electron chi connectivity index (χ1n) is 11.8. The van der Waals surface area contributed by atoms with Crippen LogP contribution in [0.2, 0.25) is 0 Å². The second-order valence-electron chi connectivity index (χ2n) is 9.02. The SMILES string of the molecule is Cc1c(C(=O)O)sc(S(=O)(=O)N2CCN(C(=O)OCC3c4ccccc4-c4ccccc43)CC2)c1C(=O)O. The fourth-order valence-corrected chi connectivity index (χ4v) is 8.27. The molecule has 198 valence electrons. The first-order chi connectivity index (χ1) is 18.1. The van der Waals surface area contributed by atoms with E-state index in [1.165, 1.54) is 11.8 Å². The smallest absolute Gasteiger partial charge is 0.409 e. The molecule has 1 aromatic heterocycles. The van der Waals surface area contributed by atoms with Crippen LogP contribution < -0.4 is 0 Å². The zero-order chi connectivity index (χ0) is 27.2. The Morgan fingerprint density at radius 2 is 1.47 bits per heavy atom. The number of sulfonamides is 1. The Bertz CT molecular complexity index is 1510. The number of ether oxygens (including phenoxy) is 1. The highest BCUT2D eigenvalue weighted by molar-refractivity contribution is 7.91. The van der Waals surface area contributed by atoms with E-state index in [9.17, 15) is 33.0 Å². The van der Waals surface area contributed by atoms with Crippen molar-refractivity contribution in [2.45, 2.75) is 17.1 Å². The molecule has 1 fully saturated rings. The number of carboxylic acids is 2. The number of benzene rings is 2. The number of thiophene rings is 1. The Morgan fingerprint density at radius 3 is 2.00 bits per heavy atom. The summed E-state index contributed by atoms with van der Waals surface area (Å²) in [4.78, 5) is 37.2. The highest BCUT2D eigenvalue weighted by atomic mass is 32.2. The van der Waals surface area contributed by atoms with E-state index in [4.69, 9.17) is 4.74 Å². The number of aromatic carboxylic acids is 2. The lowest BCUT2D eigenvalue weighted by Crippen LogP contribution is -2.50. The Balaban J connectivity index is 1.26. The molecule has 2 N–H and O–H groups in total. The average molecular weight is 557 g/mol. The van der Waals surface area contributed by atoms with Crippen molar-refractivity contribution in [3.05, 3.63) is 75.7 Å². The molecule has 0 unspecified atom stereocenters. The molecule has 0 radical (unpaired) electrons. The fraction of sp³-hybridized carbons (Fsp3) is 0.269. The van der Waals surface area contributed by atoms with Gasteiger partial charge in [-0.2, -0.15) is 4.31 Å². The zero-order valence-electron chi connectivity index (χ0n) is 20.3. The Labute approximate surface area is 222 Å². The van der Waals surface area contributed by atoms with E-state index < -0.39 is 37.8 Å². The van der Waals surface area contributed by atoms with Gasteiger partial charge < -0.3 is 19.8 Å². The monoisotopic (exact) mass is 556 g/mol. The first kappa shape index (κ1) is 25.9. The lowest BCUT2D eigenvalue weighted by Gasteiger charge is -2.33. The summed E-state index contributed by atoms with van der Waals surface area (Å²) < 4.78 is 32.7. The molecule has 38 heavy (non-hydrogen) atoms. The number of piperazine rings is 1. The summed E-state index contributed by atoms with van der Waals surface area (Å²) >= 11 is 0.426. The third-order valence-corrected chi connectivity index (χ3v) is 10.6. The predicted molar refractivity (Wildman–Crippen MR) is 138 cm³/mol.